The lowest BCUT2D eigenvalue weighted by molar-refractivity contribution is -0.138. The highest BCUT2D eigenvalue weighted by molar-refractivity contribution is 14.1. The van der Waals surface area contributed by atoms with Crippen molar-refractivity contribution in [2.45, 2.75) is 13.0 Å². The summed E-state index contributed by atoms with van der Waals surface area (Å²) in [4.78, 5) is 35.2. The third kappa shape index (κ3) is 2.78. The van der Waals surface area contributed by atoms with Crippen LogP contribution in [0, 0.1) is 3.57 Å². The van der Waals surface area contributed by atoms with E-state index in [0.717, 1.165) is 3.57 Å². The molecule has 2 aromatic rings. The molecule has 0 aliphatic heterocycles. The van der Waals surface area contributed by atoms with Gasteiger partial charge in [-0.3, -0.25) is 14.4 Å². The highest BCUT2D eigenvalue weighted by Crippen LogP contribution is 2.27. The maximum Gasteiger partial charge on any atom is 0.325 e. The summed E-state index contributed by atoms with van der Waals surface area (Å²) in [6.07, 6.45) is 0. The normalized spacial score (nSPS) is 12.1. The van der Waals surface area contributed by atoms with Crippen molar-refractivity contribution in [2.24, 2.45) is 7.05 Å². The van der Waals surface area contributed by atoms with Gasteiger partial charge in [0.1, 0.15) is 17.4 Å². The number of hydrogen-bond acceptors (Lipinski definition) is 4. The summed E-state index contributed by atoms with van der Waals surface area (Å²) in [5.41, 5.74) is -0.683. The topological polar surface area (TPSA) is 109 Å². The number of nitrogens with zero attached hydrogens (tertiary/aromatic N) is 1. The summed E-state index contributed by atoms with van der Waals surface area (Å²) in [6, 6.07) is 3.90. The SMILES string of the molecule is CC(NC(=O)c1c(O)c2cc(I)ccc2n(C)c1=O)C(=O)O. The fourth-order valence-corrected chi connectivity index (χ4v) is 2.53. The molecule has 1 aromatic carbocycles. The van der Waals surface area contributed by atoms with Gasteiger partial charge in [-0.1, -0.05) is 0 Å². The van der Waals surface area contributed by atoms with Crippen molar-refractivity contribution in [2.75, 3.05) is 0 Å². The monoisotopic (exact) mass is 416 g/mol. The summed E-state index contributed by atoms with van der Waals surface area (Å²) in [7, 11) is 1.48. The molecular formula is C14H13IN2O5. The van der Waals surface area contributed by atoms with Crippen LogP contribution in [0.2, 0.25) is 0 Å². The predicted octanol–water partition coefficient (Wildman–Crippen LogP) is 1.05. The van der Waals surface area contributed by atoms with Crippen molar-refractivity contribution in [3.05, 3.63) is 37.7 Å². The number of fused-ring (bicyclic) bond motifs is 1. The number of hydrogen-bond donors (Lipinski definition) is 3. The largest absolute Gasteiger partial charge is 0.506 e. The lowest BCUT2D eigenvalue weighted by Gasteiger charge is -2.13. The Bertz CT molecular complexity index is 843. The maximum absolute atomic E-state index is 12.3. The van der Waals surface area contributed by atoms with Crippen molar-refractivity contribution in [3.8, 4) is 5.75 Å². The smallest absolute Gasteiger partial charge is 0.325 e. The maximum atomic E-state index is 12.3. The molecule has 1 unspecified atom stereocenters. The van der Waals surface area contributed by atoms with Crippen LogP contribution in [0.5, 0.6) is 5.75 Å². The van der Waals surface area contributed by atoms with Gasteiger partial charge in [-0.15, -0.1) is 0 Å². The molecule has 0 radical (unpaired) electrons. The molecule has 8 heteroatoms. The molecule has 0 aliphatic carbocycles. The molecule has 1 atom stereocenters. The number of halogens is 1. The number of benzene rings is 1. The van der Waals surface area contributed by atoms with Gasteiger partial charge in [0.2, 0.25) is 0 Å². The molecule has 1 aromatic heterocycles. The van der Waals surface area contributed by atoms with Crippen LogP contribution in [-0.4, -0.2) is 32.7 Å². The van der Waals surface area contributed by atoms with Crippen molar-refractivity contribution in [1.29, 1.82) is 0 Å². The lowest BCUT2D eigenvalue weighted by Crippen LogP contribution is -2.41. The van der Waals surface area contributed by atoms with E-state index in [1.165, 1.54) is 18.5 Å². The number of carboxylic acid groups (broad SMARTS) is 1. The molecule has 0 fully saturated rings. The Kier molecular flexibility index (Phi) is 4.40. The first-order valence-corrected chi connectivity index (χ1v) is 7.36. The molecule has 0 bridgehead atoms. The number of carbonyl (C=O) groups excluding carboxylic acids is 1. The number of aromatic hydroxyl groups is 1. The molecule has 0 aliphatic rings. The Hall–Kier alpha value is -2.10. The molecule has 22 heavy (non-hydrogen) atoms. The second kappa shape index (κ2) is 5.95. The Labute approximate surface area is 138 Å². The Morgan fingerprint density at radius 3 is 2.59 bits per heavy atom. The zero-order valence-corrected chi connectivity index (χ0v) is 13.9. The Morgan fingerprint density at radius 1 is 1.36 bits per heavy atom. The van der Waals surface area contributed by atoms with Gasteiger partial charge in [-0.05, 0) is 47.7 Å². The van der Waals surface area contributed by atoms with Crippen molar-refractivity contribution >= 4 is 45.4 Å². The summed E-state index contributed by atoms with van der Waals surface area (Å²) in [6.45, 7) is 1.27. The van der Waals surface area contributed by atoms with E-state index < -0.39 is 34.8 Å². The van der Waals surface area contributed by atoms with E-state index in [-0.39, 0.29) is 0 Å². The van der Waals surface area contributed by atoms with E-state index in [1.54, 1.807) is 18.2 Å². The van der Waals surface area contributed by atoms with Gasteiger partial charge in [0.25, 0.3) is 11.5 Å². The van der Waals surface area contributed by atoms with Crippen LogP contribution in [0.4, 0.5) is 0 Å². The molecule has 1 heterocycles. The van der Waals surface area contributed by atoms with Crippen LogP contribution >= 0.6 is 22.6 Å². The summed E-state index contributed by atoms with van der Waals surface area (Å²) in [5, 5.41) is 21.6. The highest BCUT2D eigenvalue weighted by Gasteiger charge is 2.24. The number of rotatable bonds is 3. The zero-order chi connectivity index (χ0) is 16.6. The van der Waals surface area contributed by atoms with Gasteiger partial charge in [0, 0.05) is 16.0 Å². The average Bonchev–Trinajstić information content (AvgIpc) is 2.44. The third-order valence-electron chi connectivity index (χ3n) is 3.28. The van der Waals surface area contributed by atoms with E-state index in [0.29, 0.717) is 10.9 Å². The van der Waals surface area contributed by atoms with Crippen LogP contribution in [0.15, 0.2) is 23.0 Å². The first-order valence-electron chi connectivity index (χ1n) is 6.29. The predicted molar refractivity (Wildman–Crippen MR) is 88.1 cm³/mol. The number of aromatic nitrogens is 1. The van der Waals surface area contributed by atoms with Crippen LogP contribution in [0.3, 0.4) is 0 Å². The fourth-order valence-electron chi connectivity index (χ4n) is 2.04. The average molecular weight is 416 g/mol. The molecule has 0 spiro atoms. The van der Waals surface area contributed by atoms with Gasteiger partial charge < -0.3 is 20.1 Å². The minimum absolute atomic E-state index is 0.349. The quantitative estimate of drug-likeness (QED) is 0.649. The fraction of sp³-hybridized carbons (Fsp3) is 0.214. The van der Waals surface area contributed by atoms with Crippen LogP contribution < -0.4 is 10.9 Å². The van der Waals surface area contributed by atoms with E-state index in [1.807, 2.05) is 22.6 Å². The molecule has 3 N–H and O–H groups in total. The van der Waals surface area contributed by atoms with E-state index in [2.05, 4.69) is 5.32 Å². The molecule has 0 saturated heterocycles. The highest BCUT2D eigenvalue weighted by atomic mass is 127. The molecule has 116 valence electrons. The van der Waals surface area contributed by atoms with Gasteiger partial charge in [-0.2, -0.15) is 0 Å². The van der Waals surface area contributed by atoms with Crippen LogP contribution in [-0.2, 0) is 11.8 Å². The standard InChI is InChI=1S/C14H13IN2O5/c1-6(14(21)22)16-12(19)10-11(18)8-5-7(15)3-4-9(8)17(2)13(10)20/h3-6,18H,1-2H3,(H,16,19)(H,21,22). The number of aryl methyl sites for hydroxylation is 1. The van der Waals surface area contributed by atoms with Gasteiger partial charge in [-0.25, -0.2) is 0 Å². The number of amides is 1. The van der Waals surface area contributed by atoms with Gasteiger partial charge >= 0.3 is 5.97 Å². The van der Waals surface area contributed by atoms with Crippen molar-refractivity contribution in [3.63, 3.8) is 0 Å². The van der Waals surface area contributed by atoms with E-state index >= 15 is 0 Å². The summed E-state index contributed by atoms with van der Waals surface area (Å²) >= 11 is 2.05. The Morgan fingerprint density at radius 2 is 2.00 bits per heavy atom. The summed E-state index contributed by atoms with van der Waals surface area (Å²) < 4.78 is 2.06. The third-order valence-corrected chi connectivity index (χ3v) is 3.95. The van der Waals surface area contributed by atoms with Crippen molar-refractivity contribution < 1.29 is 19.8 Å². The second-order valence-electron chi connectivity index (χ2n) is 4.78. The van der Waals surface area contributed by atoms with Gasteiger partial charge in [0.15, 0.2) is 0 Å². The molecular weight excluding hydrogens is 403 g/mol. The molecule has 2 rings (SSSR count). The Balaban J connectivity index is 2.66. The molecule has 0 saturated carbocycles. The minimum Gasteiger partial charge on any atom is -0.506 e. The van der Waals surface area contributed by atoms with E-state index in [9.17, 15) is 19.5 Å². The van der Waals surface area contributed by atoms with Crippen molar-refractivity contribution in [1.82, 2.24) is 9.88 Å². The van der Waals surface area contributed by atoms with E-state index in [4.69, 9.17) is 5.11 Å². The molecule has 7 nitrogen and oxygen atoms in total. The number of pyridine rings is 1. The number of carbonyl (C=O) groups is 2. The molecule has 1 amide bonds. The number of carboxylic acids is 1. The minimum atomic E-state index is -1.24. The summed E-state index contributed by atoms with van der Waals surface area (Å²) in [5.74, 6) is -2.61. The van der Waals surface area contributed by atoms with Crippen LogP contribution in [0.1, 0.15) is 17.3 Å². The zero-order valence-electron chi connectivity index (χ0n) is 11.8. The first-order chi connectivity index (χ1) is 10.2. The number of nitrogens with one attached hydrogen (secondary N) is 1. The lowest BCUT2D eigenvalue weighted by atomic mass is 10.1. The van der Waals surface area contributed by atoms with Gasteiger partial charge in [0.05, 0.1) is 5.52 Å². The number of aliphatic carboxylic acids is 1. The van der Waals surface area contributed by atoms with Crippen LogP contribution in [0.25, 0.3) is 10.9 Å². The second-order valence-corrected chi connectivity index (χ2v) is 6.03. The first kappa shape index (κ1) is 16.3.